The zero-order chi connectivity index (χ0) is 13.3. The second kappa shape index (κ2) is 5.26. The summed E-state index contributed by atoms with van der Waals surface area (Å²) in [6.45, 7) is 9.78. The minimum absolute atomic E-state index is 0.0923. The first-order chi connectivity index (χ1) is 8.47. The van der Waals surface area contributed by atoms with Gasteiger partial charge in [-0.15, -0.1) is 0 Å². The van der Waals surface area contributed by atoms with Crippen molar-refractivity contribution in [3.63, 3.8) is 0 Å². The topological polar surface area (TPSA) is 52.6 Å². The van der Waals surface area contributed by atoms with Gasteiger partial charge >= 0.3 is 6.03 Å². The van der Waals surface area contributed by atoms with Crippen molar-refractivity contribution in [3.05, 3.63) is 0 Å². The number of carbonyl (C=O) groups is 2. The molecule has 0 bridgehead atoms. The van der Waals surface area contributed by atoms with Gasteiger partial charge in [0, 0.05) is 25.7 Å². The lowest BCUT2D eigenvalue weighted by Gasteiger charge is -2.32. The summed E-state index contributed by atoms with van der Waals surface area (Å²) in [5.74, 6) is 0.301. The molecule has 18 heavy (non-hydrogen) atoms. The molecule has 0 saturated carbocycles. The van der Waals surface area contributed by atoms with Crippen LogP contribution in [0.5, 0.6) is 0 Å². The lowest BCUT2D eigenvalue weighted by atomic mass is 10.1. The third kappa shape index (κ3) is 2.83. The molecule has 2 rings (SSSR count). The van der Waals surface area contributed by atoms with Crippen molar-refractivity contribution in [1.82, 2.24) is 15.1 Å². The van der Waals surface area contributed by atoms with Crippen LogP contribution in [0.4, 0.5) is 4.79 Å². The summed E-state index contributed by atoms with van der Waals surface area (Å²) in [5.41, 5.74) is 0. The fraction of sp³-hybridized carbons (Fsp3) is 0.846. The summed E-state index contributed by atoms with van der Waals surface area (Å²) in [5, 5.41) is 2.42. The number of rotatable bonds is 3. The van der Waals surface area contributed by atoms with Crippen molar-refractivity contribution in [2.45, 2.75) is 33.2 Å². The van der Waals surface area contributed by atoms with Gasteiger partial charge < -0.3 is 9.80 Å². The SMILES string of the molecule is CC1CN(CC2CCN(C(C)C)C2)C(=O)NC1=O. The highest BCUT2D eigenvalue weighted by molar-refractivity contribution is 5.97. The highest BCUT2D eigenvalue weighted by Gasteiger charge is 2.32. The van der Waals surface area contributed by atoms with Gasteiger partial charge in [0.05, 0.1) is 5.92 Å². The van der Waals surface area contributed by atoms with Gasteiger partial charge in [0.25, 0.3) is 0 Å². The Hall–Kier alpha value is -1.10. The number of nitrogens with zero attached hydrogens (tertiary/aromatic N) is 2. The van der Waals surface area contributed by atoms with E-state index in [2.05, 4.69) is 24.1 Å². The molecular formula is C13H23N3O2. The highest BCUT2D eigenvalue weighted by Crippen LogP contribution is 2.21. The second-order valence-corrected chi connectivity index (χ2v) is 5.84. The number of imide groups is 1. The van der Waals surface area contributed by atoms with Gasteiger partial charge in [0.2, 0.25) is 5.91 Å². The molecule has 2 unspecified atom stereocenters. The number of nitrogens with one attached hydrogen (secondary N) is 1. The number of likely N-dealkylation sites (tertiary alicyclic amines) is 1. The maximum Gasteiger partial charge on any atom is 0.324 e. The van der Waals surface area contributed by atoms with Crippen LogP contribution < -0.4 is 5.32 Å². The number of amides is 3. The molecule has 2 heterocycles. The fourth-order valence-corrected chi connectivity index (χ4v) is 2.75. The molecule has 2 fully saturated rings. The van der Waals surface area contributed by atoms with E-state index in [4.69, 9.17) is 0 Å². The summed E-state index contributed by atoms with van der Waals surface area (Å²) in [6, 6.07) is 0.354. The monoisotopic (exact) mass is 253 g/mol. The average Bonchev–Trinajstić information content (AvgIpc) is 2.74. The van der Waals surface area contributed by atoms with Crippen LogP contribution in [0.2, 0.25) is 0 Å². The van der Waals surface area contributed by atoms with Gasteiger partial charge in [-0.1, -0.05) is 6.92 Å². The molecule has 5 nitrogen and oxygen atoms in total. The van der Waals surface area contributed by atoms with E-state index in [-0.39, 0.29) is 17.9 Å². The lowest BCUT2D eigenvalue weighted by Crippen LogP contribution is -2.54. The first-order valence-electron chi connectivity index (χ1n) is 6.81. The van der Waals surface area contributed by atoms with Crippen LogP contribution >= 0.6 is 0 Å². The molecule has 2 aliphatic heterocycles. The summed E-state index contributed by atoms with van der Waals surface area (Å²) in [7, 11) is 0. The second-order valence-electron chi connectivity index (χ2n) is 5.84. The Morgan fingerprint density at radius 2 is 2.06 bits per heavy atom. The minimum atomic E-state index is -0.221. The average molecular weight is 253 g/mol. The van der Waals surface area contributed by atoms with Crippen LogP contribution in [0.25, 0.3) is 0 Å². The molecule has 2 atom stereocenters. The third-order valence-electron chi connectivity index (χ3n) is 3.99. The molecule has 2 saturated heterocycles. The van der Waals surface area contributed by atoms with Gasteiger partial charge in [-0.25, -0.2) is 4.79 Å². The van der Waals surface area contributed by atoms with E-state index in [0.717, 1.165) is 26.1 Å². The zero-order valence-corrected chi connectivity index (χ0v) is 11.5. The lowest BCUT2D eigenvalue weighted by molar-refractivity contribution is -0.125. The summed E-state index contributed by atoms with van der Waals surface area (Å²) < 4.78 is 0. The smallest absolute Gasteiger partial charge is 0.323 e. The highest BCUT2D eigenvalue weighted by atomic mass is 16.2. The number of carbonyl (C=O) groups excluding carboxylic acids is 2. The first kappa shape index (κ1) is 13.3. The normalized spacial score (nSPS) is 30.1. The van der Waals surface area contributed by atoms with Gasteiger partial charge in [-0.2, -0.15) is 0 Å². The fourth-order valence-electron chi connectivity index (χ4n) is 2.75. The van der Waals surface area contributed by atoms with Crippen molar-refractivity contribution in [2.24, 2.45) is 11.8 Å². The van der Waals surface area contributed by atoms with Crippen LogP contribution in [0.3, 0.4) is 0 Å². The quantitative estimate of drug-likeness (QED) is 0.813. The molecule has 102 valence electrons. The van der Waals surface area contributed by atoms with E-state index >= 15 is 0 Å². The predicted molar refractivity (Wildman–Crippen MR) is 69.1 cm³/mol. The molecule has 5 heteroatoms. The van der Waals surface area contributed by atoms with Crippen LogP contribution in [0.1, 0.15) is 27.2 Å². The molecular weight excluding hydrogens is 230 g/mol. The Labute approximate surface area is 108 Å². The Morgan fingerprint density at radius 1 is 1.33 bits per heavy atom. The summed E-state index contributed by atoms with van der Waals surface area (Å²) in [4.78, 5) is 27.3. The number of urea groups is 1. The molecule has 2 aliphatic rings. The molecule has 3 amide bonds. The molecule has 0 aromatic heterocycles. The molecule has 0 aromatic carbocycles. The zero-order valence-electron chi connectivity index (χ0n) is 11.5. The first-order valence-corrected chi connectivity index (χ1v) is 6.81. The number of hydrogen-bond acceptors (Lipinski definition) is 3. The largest absolute Gasteiger partial charge is 0.324 e. The third-order valence-corrected chi connectivity index (χ3v) is 3.99. The van der Waals surface area contributed by atoms with Crippen molar-refractivity contribution < 1.29 is 9.59 Å². The molecule has 0 spiro atoms. The predicted octanol–water partition coefficient (Wildman–Crippen LogP) is 0.905. The Balaban J connectivity index is 1.87. The molecule has 0 radical (unpaired) electrons. The summed E-state index contributed by atoms with van der Waals surface area (Å²) >= 11 is 0. The number of hydrogen-bond donors (Lipinski definition) is 1. The van der Waals surface area contributed by atoms with Gasteiger partial charge in [0.1, 0.15) is 0 Å². The maximum atomic E-state index is 11.7. The van der Waals surface area contributed by atoms with E-state index < -0.39 is 0 Å². The van der Waals surface area contributed by atoms with Crippen LogP contribution in [-0.4, -0.2) is 54.0 Å². The maximum absolute atomic E-state index is 11.7. The van der Waals surface area contributed by atoms with E-state index in [9.17, 15) is 9.59 Å². The Bertz CT molecular complexity index is 343. The van der Waals surface area contributed by atoms with Crippen molar-refractivity contribution in [2.75, 3.05) is 26.2 Å². The standard InChI is InChI=1S/C13H23N3O2/c1-9(2)15-5-4-11(7-15)8-16-6-10(3)12(17)14-13(16)18/h9-11H,4-8H2,1-3H3,(H,14,17,18). The van der Waals surface area contributed by atoms with Gasteiger partial charge in [0.15, 0.2) is 0 Å². The minimum Gasteiger partial charge on any atom is -0.323 e. The van der Waals surface area contributed by atoms with Crippen molar-refractivity contribution >= 4 is 11.9 Å². The van der Waals surface area contributed by atoms with Crippen LogP contribution in [-0.2, 0) is 4.79 Å². The summed E-state index contributed by atoms with van der Waals surface area (Å²) in [6.07, 6.45) is 1.14. The van der Waals surface area contributed by atoms with Crippen LogP contribution in [0.15, 0.2) is 0 Å². The Morgan fingerprint density at radius 3 is 2.67 bits per heavy atom. The van der Waals surface area contributed by atoms with Crippen LogP contribution in [0, 0.1) is 11.8 Å². The Kier molecular flexibility index (Phi) is 3.90. The van der Waals surface area contributed by atoms with E-state index in [1.165, 1.54) is 0 Å². The molecule has 1 N–H and O–H groups in total. The van der Waals surface area contributed by atoms with E-state index in [1.807, 2.05) is 6.92 Å². The van der Waals surface area contributed by atoms with Crippen molar-refractivity contribution in [1.29, 1.82) is 0 Å². The van der Waals surface area contributed by atoms with E-state index in [1.54, 1.807) is 4.90 Å². The molecule has 0 aliphatic carbocycles. The van der Waals surface area contributed by atoms with Crippen molar-refractivity contribution in [3.8, 4) is 0 Å². The molecule has 0 aromatic rings. The van der Waals surface area contributed by atoms with E-state index in [0.29, 0.717) is 18.5 Å². The van der Waals surface area contributed by atoms with Gasteiger partial charge in [-0.3, -0.25) is 10.1 Å². The van der Waals surface area contributed by atoms with Gasteiger partial charge in [-0.05, 0) is 32.7 Å².